The van der Waals surface area contributed by atoms with Crippen LogP contribution in [0.15, 0.2) is 11.6 Å². The van der Waals surface area contributed by atoms with Gasteiger partial charge in [-0.3, -0.25) is 15.0 Å². The first kappa shape index (κ1) is 32.4. The summed E-state index contributed by atoms with van der Waals surface area (Å²) in [6.45, 7) is 7.53. The largest absolute Gasteiger partial charge is 0.462 e. The molecule has 10 nitrogen and oxygen atoms in total. The normalized spacial score (nSPS) is 19.2. The molecule has 0 bridgehead atoms. The Morgan fingerprint density at radius 3 is 2.22 bits per heavy atom. The van der Waals surface area contributed by atoms with Crippen molar-refractivity contribution in [3.05, 3.63) is 11.6 Å². The molecular weight excluding hydrogens is 476 g/mol. The number of unbranched alkanes of at least 4 members (excludes halogenated alkanes) is 6. The van der Waals surface area contributed by atoms with Gasteiger partial charge in [0.1, 0.15) is 13.2 Å². The Bertz CT molecular complexity index is 753. The van der Waals surface area contributed by atoms with Crippen LogP contribution in [0.5, 0.6) is 0 Å². The third kappa shape index (κ3) is 13.5. The Labute approximate surface area is 221 Å². The van der Waals surface area contributed by atoms with Crippen LogP contribution in [0.2, 0.25) is 0 Å². The zero-order valence-electron chi connectivity index (χ0n) is 23.1. The van der Waals surface area contributed by atoms with E-state index in [0.717, 1.165) is 32.1 Å². The number of guanidine groups is 1. The van der Waals surface area contributed by atoms with Gasteiger partial charge in [-0.1, -0.05) is 59.3 Å². The van der Waals surface area contributed by atoms with Gasteiger partial charge in [-0.15, -0.1) is 0 Å². The number of carbonyl (C=O) groups excluding carboxylic acids is 3. The van der Waals surface area contributed by atoms with Gasteiger partial charge >= 0.3 is 11.9 Å². The lowest BCUT2D eigenvalue weighted by Crippen LogP contribution is -2.60. The molecule has 0 aromatic heterocycles. The van der Waals surface area contributed by atoms with Crippen LogP contribution in [0, 0.1) is 5.41 Å². The Hall–Kier alpha value is -2.62. The van der Waals surface area contributed by atoms with Crippen LogP contribution in [0.4, 0.5) is 0 Å². The number of hydrogen-bond donors (Lipinski definition) is 4. The predicted octanol–water partition coefficient (Wildman–Crippen LogP) is 3.47. The molecule has 0 spiro atoms. The maximum Gasteiger partial charge on any atom is 0.333 e. The van der Waals surface area contributed by atoms with E-state index in [4.69, 9.17) is 25.4 Å². The number of carbonyl (C=O) groups is 3. The first-order chi connectivity index (χ1) is 17.7. The predicted molar refractivity (Wildman–Crippen MR) is 143 cm³/mol. The molecule has 1 amide bonds. The highest BCUT2D eigenvalue weighted by atomic mass is 16.6. The molecule has 37 heavy (non-hydrogen) atoms. The van der Waals surface area contributed by atoms with Gasteiger partial charge in [0.25, 0.3) is 0 Å². The van der Waals surface area contributed by atoms with Crippen molar-refractivity contribution in [2.75, 3.05) is 13.2 Å². The van der Waals surface area contributed by atoms with Crippen molar-refractivity contribution in [1.29, 1.82) is 5.41 Å². The lowest BCUT2D eigenvalue weighted by molar-refractivity contribution is -0.150. The minimum Gasteiger partial charge on any atom is -0.462 e. The molecule has 212 valence electrons. The highest BCUT2D eigenvalue weighted by Crippen LogP contribution is 2.25. The smallest absolute Gasteiger partial charge is 0.333 e. The Morgan fingerprint density at radius 1 is 1.00 bits per heavy atom. The second kappa shape index (κ2) is 18.6. The second-order valence-electron chi connectivity index (χ2n) is 9.55. The summed E-state index contributed by atoms with van der Waals surface area (Å²) in [7, 11) is 0. The van der Waals surface area contributed by atoms with E-state index in [9.17, 15) is 14.4 Å². The summed E-state index contributed by atoms with van der Waals surface area (Å²) in [4.78, 5) is 36.6. The van der Waals surface area contributed by atoms with Crippen LogP contribution >= 0.6 is 0 Å². The van der Waals surface area contributed by atoms with E-state index in [-0.39, 0.29) is 43.6 Å². The summed E-state index contributed by atoms with van der Waals surface area (Å²) in [6.07, 6.45) is 10.9. The van der Waals surface area contributed by atoms with Crippen LogP contribution in [0.3, 0.4) is 0 Å². The van der Waals surface area contributed by atoms with Crippen molar-refractivity contribution < 1.29 is 28.6 Å². The van der Waals surface area contributed by atoms with Gasteiger partial charge in [0, 0.05) is 25.3 Å². The topological polar surface area (TPSA) is 153 Å². The summed E-state index contributed by atoms with van der Waals surface area (Å²) < 4.78 is 16.8. The lowest BCUT2D eigenvalue weighted by Gasteiger charge is -2.38. The number of esters is 2. The number of nitrogens with two attached hydrogens (primary N) is 1. The molecule has 0 saturated carbocycles. The highest BCUT2D eigenvalue weighted by Gasteiger charge is 2.38. The van der Waals surface area contributed by atoms with Crippen LogP contribution in [0.25, 0.3) is 0 Å². The highest BCUT2D eigenvalue weighted by molar-refractivity contribution is 5.89. The molecule has 0 aliphatic heterocycles. The molecule has 1 rings (SSSR count). The fourth-order valence-electron chi connectivity index (χ4n) is 4.38. The maximum absolute atomic E-state index is 12.8. The third-order valence-corrected chi connectivity index (χ3v) is 6.39. The number of nitrogens with one attached hydrogen (secondary N) is 3. The summed E-state index contributed by atoms with van der Waals surface area (Å²) in [6, 6.07) is -1.06. The number of ether oxygens (including phenoxy) is 3. The van der Waals surface area contributed by atoms with Crippen LogP contribution in [-0.4, -0.2) is 61.3 Å². The van der Waals surface area contributed by atoms with E-state index in [2.05, 4.69) is 17.6 Å². The van der Waals surface area contributed by atoms with Gasteiger partial charge in [0.05, 0.1) is 24.3 Å². The third-order valence-electron chi connectivity index (χ3n) is 6.39. The van der Waals surface area contributed by atoms with Gasteiger partial charge in [-0.05, 0) is 25.3 Å². The van der Waals surface area contributed by atoms with E-state index in [1.165, 1.54) is 32.6 Å². The fourth-order valence-corrected chi connectivity index (χ4v) is 4.38. The van der Waals surface area contributed by atoms with Crippen molar-refractivity contribution in [2.24, 2.45) is 5.73 Å². The molecule has 5 N–H and O–H groups in total. The molecule has 0 aromatic rings. The Balaban J connectivity index is 2.64. The molecule has 3 unspecified atom stereocenters. The molecule has 0 fully saturated rings. The van der Waals surface area contributed by atoms with Crippen LogP contribution in [0.1, 0.15) is 98.3 Å². The van der Waals surface area contributed by atoms with Crippen molar-refractivity contribution in [1.82, 2.24) is 10.6 Å². The summed E-state index contributed by atoms with van der Waals surface area (Å²) >= 11 is 0. The summed E-state index contributed by atoms with van der Waals surface area (Å²) in [5, 5.41) is 13.4. The molecule has 10 heteroatoms. The van der Waals surface area contributed by atoms with Gasteiger partial charge in [0.15, 0.2) is 5.96 Å². The Kier molecular flexibility index (Phi) is 16.3. The monoisotopic (exact) mass is 524 g/mol. The molecule has 0 heterocycles. The molecule has 0 radical (unpaired) electrons. The Morgan fingerprint density at radius 2 is 1.62 bits per heavy atom. The van der Waals surface area contributed by atoms with Crippen molar-refractivity contribution >= 4 is 23.8 Å². The van der Waals surface area contributed by atoms with E-state index < -0.39 is 24.2 Å². The van der Waals surface area contributed by atoms with Crippen LogP contribution in [-0.2, 0) is 28.6 Å². The van der Waals surface area contributed by atoms with Crippen molar-refractivity contribution in [2.45, 2.75) is 123 Å². The maximum atomic E-state index is 12.8. The van der Waals surface area contributed by atoms with Gasteiger partial charge in [0.2, 0.25) is 5.91 Å². The second-order valence-corrected chi connectivity index (χ2v) is 9.55. The standard InChI is InChI=1S/C27H48N4O6/c1-5-8-9-10-11-12-13-14-24(33)35-15-16-36-26(34)20-17-22(31-27(28)29)25(30-19(4)32)23(18-20)37-21(6-2)7-3/h18,21-23,25H,5-17H2,1-4H3,(H,30,32)(H4,28,29,31). The minimum absolute atomic E-state index is 0.00827. The minimum atomic E-state index is -0.609. The van der Waals surface area contributed by atoms with Gasteiger partial charge in [-0.2, -0.15) is 0 Å². The SMILES string of the molecule is CCCCCCCCCC(=O)OCCOC(=O)C1=CC(OC(CC)CC)C(NC(C)=O)C(NC(=N)N)C1. The molecule has 0 saturated heterocycles. The molecule has 1 aliphatic rings. The van der Waals surface area contributed by atoms with Crippen LogP contribution < -0.4 is 16.4 Å². The van der Waals surface area contributed by atoms with Gasteiger partial charge in [-0.25, -0.2) is 4.79 Å². The van der Waals surface area contributed by atoms with E-state index >= 15 is 0 Å². The first-order valence-corrected chi connectivity index (χ1v) is 13.8. The molecule has 1 aliphatic carbocycles. The average Bonchev–Trinajstić information content (AvgIpc) is 2.85. The lowest BCUT2D eigenvalue weighted by atomic mass is 9.87. The average molecular weight is 525 g/mol. The molecular formula is C27H48N4O6. The summed E-state index contributed by atoms with van der Waals surface area (Å²) in [5.74, 6) is -1.37. The fraction of sp³-hybridized carbons (Fsp3) is 0.778. The quantitative estimate of drug-likeness (QED) is 0.0920. The van der Waals surface area contributed by atoms with Crippen molar-refractivity contribution in [3.63, 3.8) is 0 Å². The van der Waals surface area contributed by atoms with Gasteiger partial charge < -0.3 is 30.6 Å². The number of amides is 1. The number of hydrogen-bond acceptors (Lipinski definition) is 7. The zero-order valence-corrected chi connectivity index (χ0v) is 23.1. The van der Waals surface area contributed by atoms with E-state index in [1.807, 2.05) is 13.8 Å². The molecule has 3 atom stereocenters. The van der Waals surface area contributed by atoms with E-state index in [0.29, 0.717) is 12.0 Å². The number of rotatable bonds is 18. The summed E-state index contributed by atoms with van der Waals surface area (Å²) in [5.41, 5.74) is 5.92. The van der Waals surface area contributed by atoms with E-state index in [1.54, 1.807) is 6.08 Å². The zero-order chi connectivity index (χ0) is 27.6. The first-order valence-electron chi connectivity index (χ1n) is 13.8. The van der Waals surface area contributed by atoms with Crippen molar-refractivity contribution in [3.8, 4) is 0 Å². The molecule has 0 aromatic carbocycles.